The average molecular weight is 484 g/mol. The van der Waals surface area contributed by atoms with Crippen LogP contribution in [0.4, 0.5) is 11.4 Å². The van der Waals surface area contributed by atoms with Gasteiger partial charge >= 0.3 is 5.97 Å². The number of hydrogen-bond donors (Lipinski definition) is 1. The second-order valence-corrected chi connectivity index (χ2v) is 8.92. The smallest absolute Gasteiger partial charge is 0.340 e. The van der Waals surface area contributed by atoms with E-state index in [2.05, 4.69) is 5.32 Å². The number of halogens is 1. The number of nitrogens with zero attached hydrogens (tertiary/aromatic N) is 2. The number of non-ortho nitro benzene ring substituents is 1. The van der Waals surface area contributed by atoms with Gasteiger partial charge in [-0.1, -0.05) is 25.4 Å². The quantitative estimate of drug-likeness (QED) is 0.327. The molecule has 0 spiro atoms. The third-order valence-corrected chi connectivity index (χ3v) is 6.88. The van der Waals surface area contributed by atoms with Crippen LogP contribution in [-0.4, -0.2) is 48.7 Å². The molecule has 2 rings (SSSR count). The molecule has 2 aromatic carbocycles. The molecule has 172 valence electrons. The summed E-state index contributed by atoms with van der Waals surface area (Å²) in [6.45, 7) is 5.21. The van der Waals surface area contributed by atoms with Crippen molar-refractivity contribution >= 4 is 44.9 Å². The molecule has 0 bridgehead atoms. The van der Waals surface area contributed by atoms with Crippen molar-refractivity contribution in [3.05, 3.63) is 63.2 Å². The molecule has 1 N–H and O–H groups in total. The molecule has 1 atom stereocenters. The van der Waals surface area contributed by atoms with E-state index in [-0.39, 0.29) is 39.9 Å². The molecule has 0 aliphatic carbocycles. The van der Waals surface area contributed by atoms with Crippen LogP contribution in [0.5, 0.6) is 0 Å². The van der Waals surface area contributed by atoms with Gasteiger partial charge in [0, 0.05) is 30.9 Å². The summed E-state index contributed by atoms with van der Waals surface area (Å²) in [5, 5.41) is 13.1. The monoisotopic (exact) mass is 483 g/mol. The molecule has 32 heavy (non-hydrogen) atoms. The second kappa shape index (κ2) is 10.5. The fourth-order valence-corrected chi connectivity index (χ4v) is 4.40. The van der Waals surface area contributed by atoms with Crippen LogP contribution in [0.15, 0.2) is 47.4 Å². The molecule has 10 nitrogen and oxygen atoms in total. The molecule has 0 fully saturated rings. The molecule has 1 amide bonds. The number of nitro benzene ring substituents is 1. The fraction of sp³-hybridized carbons (Fsp3) is 0.300. The van der Waals surface area contributed by atoms with Gasteiger partial charge < -0.3 is 10.1 Å². The molecule has 0 saturated heterocycles. The number of amides is 1. The molecule has 0 aliphatic heterocycles. The number of nitrogens with one attached hydrogen (secondary N) is 1. The Morgan fingerprint density at radius 1 is 1.16 bits per heavy atom. The Morgan fingerprint density at radius 3 is 2.28 bits per heavy atom. The van der Waals surface area contributed by atoms with Crippen LogP contribution in [0.2, 0.25) is 5.02 Å². The van der Waals surface area contributed by atoms with Crippen molar-refractivity contribution < 1.29 is 27.7 Å². The van der Waals surface area contributed by atoms with Crippen LogP contribution < -0.4 is 5.32 Å². The van der Waals surface area contributed by atoms with Crippen molar-refractivity contribution in [2.45, 2.75) is 31.8 Å². The first-order chi connectivity index (χ1) is 15.0. The second-order valence-electron chi connectivity index (χ2n) is 6.57. The van der Waals surface area contributed by atoms with E-state index < -0.39 is 32.9 Å². The highest BCUT2D eigenvalue weighted by Crippen LogP contribution is 2.24. The summed E-state index contributed by atoms with van der Waals surface area (Å²) in [5.41, 5.74) is -0.0691. The van der Waals surface area contributed by atoms with Crippen LogP contribution in [0.25, 0.3) is 0 Å². The molecule has 0 heterocycles. The number of rotatable bonds is 9. The maximum absolute atomic E-state index is 12.7. The van der Waals surface area contributed by atoms with E-state index in [0.29, 0.717) is 0 Å². The number of carbonyl (C=O) groups excluding carboxylic acids is 2. The third kappa shape index (κ3) is 5.81. The zero-order chi connectivity index (χ0) is 24.1. The van der Waals surface area contributed by atoms with Gasteiger partial charge in [0.1, 0.15) is 0 Å². The Bertz CT molecular complexity index is 1120. The number of anilines is 1. The number of ether oxygens (including phenoxy) is 1. The Hall–Kier alpha value is -3.02. The first kappa shape index (κ1) is 25.2. The van der Waals surface area contributed by atoms with Crippen LogP contribution in [0.1, 0.15) is 31.1 Å². The lowest BCUT2D eigenvalue weighted by Gasteiger charge is -2.19. The first-order valence-corrected chi connectivity index (χ1v) is 11.4. The van der Waals surface area contributed by atoms with Crippen molar-refractivity contribution in [1.82, 2.24) is 4.31 Å². The Kier molecular flexibility index (Phi) is 8.31. The van der Waals surface area contributed by atoms with Gasteiger partial charge in [0.05, 0.1) is 20.4 Å². The van der Waals surface area contributed by atoms with Gasteiger partial charge in [0.2, 0.25) is 10.0 Å². The summed E-state index contributed by atoms with van der Waals surface area (Å²) in [6.07, 6.45) is -1.25. The molecule has 2 aromatic rings. The highest BCUT2D eigenvalue weighted by Gasteiger charge is 2.26. The molecular weight excluding hydrogens is 462 g/mol. The van der Waals surface area contributed by atoms with Crippen molar-refractivity contribution in [3.8, 4) is 0 Å². The van der Waals surface area contributed by atoms with E-state index in [1.165, 1.54) is 47.6 Å². The number of nitro groups is 1. The number of hydrogen-bond acceptors (Lipinski definition) is 7. The minimum Gasteiger partial charge on any atom is -0.449 e. The number of sulfonamides is 1. The zero-order valence-electron chi connectivity index (χ0n) is 17.6. The molecule has 0 saturated carbocycles. The zero-order valence-corrected chi connectivity index (χ0v) is 19.1. The van der Waals surface area contributed by atoms with E-state index in [1.807, 2.05) is 0 Å². The summed E-state index contributed by atoms with van der Waals surface area (Å²) in [5.74, 6) is -1.66. The highest BCUT2D eigenvalue weighted by atomic mass is 35.5. The van der Waals surface area contributed by atoms with E-state index >= 15 is 0 Å². The van der Waals surface area contributed by atoms with E-state index in [0.717, 1.165) is 6.07 Å². The van der Waals surface area contributed by atoms with Crippen LogP contribution in [0.3, 0.4) is 0 Å². The number of esters is 1. The van der Waals surface area contributed by atoms with Gasteiger partial charge in [-0.05, 0) is 37.3 Å². The molecule has 0 aliphatic rings. The fourth-order valence-electron chi connectivity index (χ4n) is 2.72. The van der Waals surface area contributed by atoms with Crippen molar-refractivity contribution in [2.75, 3.05) is 18.4 Å². The minimum atomic E-state index is -3.83. The van der Waals surface area contributed by atoms with Gasteiger partial charge in [-0.15, -0.1) is 0 Å². The van der Waals surface area contributed by atoms with E-state index in [9.17, 15) is 28.1 Å². The lowest BCUT2D eigenvalue weighted by atomic mass is 10.2. The van der Waals surface area contributed by atoms with Crippen LogP contribution >= 0.6 is 11.6 Å². The first-order valence-electron chi connectivity index (χ1n) is 9.57. The normalized spacial score (nSPS) is 12.3. The van der Waals surface area contributed by atoms with Gasteiger partial charge in [0.25, 0.3) is 11.6 Å². The summed E-state index contributed by atoms with van der Waals surface area (Å²) in [7, 11) is -3.83. The minimum absolute atomic E-state index is 0.0310. The molecule has 1 unspecified atom stereocenters. The lowest BCUT2D eigenvalue weighted by Crippen LogP contribution is -2.31. The third-order valence-electron chi connectivity index (χ3n) is 4.50. The molecule has 12 heteroatoms. The summed E-state index contributed by atoms with van der Waals surface area (Å²) < 4.78 is 31.8. The Morgan fingerprint density at radius 2 is 1.75 bits per heavy atom. The Labute approximate surface area is 190 Å². The lowest BCUT2D eigenvalue weighted by molar-refractivity contribution is -0.384. The topological polar surface area (TPSA) is 136 Å². The van der Waals surface area contributed by atoms with Crippen molar-refractivity contribution in [1.29, 1.82) is 0 Å². The van der Waals surface area contributed by atoms with Crippen LogP contribution in [-0.2, 0) is 19.6 Å². The average Bonchev–Trinajstić information content (AvgIpc) is 2.74. The summed E-state index contributed by atoms with van der Waals surface area (Å²) >= 11 is 6.06. The van der Waals surface area contributed by atoms with Crippen molar-refractivity contribution in [2.24, 2.45) is 0 Å². The predicted molar refractivity (Wildman–Crippen MR) is 118 cm³/mol. The SMILES string of the molecule is CCN(CC)S(=O)(=O)c1ccc(Cl)c(C(=O)OC(C)C(=O)Nc2ccc([N+](=O)[O-])cc2)c1. The maximum Gasteiger partial charge on any atom is 0.340 e. The van der Waals surface area contributed by atoms with E-state index in [4.69, 9.17) is 16.3 Å². The van der Waals surface area contributed by atoms with Gasteiger partial charge in [-0.2, -0.15) is 4.31 Å². The summed E-state index contributed by atoms with van der Waals surface area (Å²) in [6, 6.07) is 8.78. The standard InChI is InChI=1S/C20H22ClN3O7S/c1-4-23(5-2)32(29,30)16-10-11-18(21)17(12-16)20(26)31-13(3)19(25)22-14-6-8-15(9-7-14)24(27)28/h6-13H,4-5H2,1-3H3,(H,22,25). The molecule has 0 radical (unpaired) electrons. The molecular formula is C20H22ClN3O7S. The van der Waals surface area contributed by atoms with E-state index in [1.54, 1.807) is 13.8 Å². The van der Waals surface area contributed by atoms with Gasteiger partial charge in [0.15, 0.2) is 6.10 Å². The van der Waals surface area contributed by atoms with Crippen molar-refractivity contribution in [3.63, 3.8) is 0 Å². The largest absolute Gasteiger partial charge is 0.449 e. The number of benzene rings is 2. The molecule has 0 aromatic heterocycles. The van der Waals surface area contributed by atoms with Gasteiger partial charge in [-0.3, -0.25) is 14.9 Å². The van der Waals surface area contributed by atoms with Crippen LogP contribution in [0, 0.1) is 10.1 Å². The number of carbonyl (C=O) groups is 2. The predicted octanol–water partition coefficient (Wildman–Crippen LogP) is 3.46. The highest BCUT2D eigenvalue weighted by molar-refractivity contribution is 7.89. The maximum atomic E-state index is 12.7. The van der Waals surface area contributed by atoms with Gasteiger partial charge in [-0.25, -0.2) is 13.2 Å². The summed E-state index contributed by atoms with van der Waals surface area (Å²) in [4.78, 5) is 34.9. The Balaban J connectivity index is 2.15.